The summed E-state index contributed by atoms with van der Waals surface area (Å²) in [7, 11) is -4.00. The average molecular weight is 607 g/mol. The van der Waals surface area contributed by atoms with Crippen LogP contribution in [0.1, 0.15) is 62.7 Å². The smallest absolute Gasteiger partial charge is 0.262 e. The molecule has 0 bridgehead atoms. The van der Waals surface area contributed by atoms with E-state index in [9.17, 15) is 13.5 Å². The highest BCUT2D eigenvalue weighted by Gasteiger charge is 2.35. The largest absolute Gasteiger partial charge is 0.388 e. The van der Waals surface area contributed by atoms with E-state index in [1.807, 2.05) is 113 Å². The molecule has 3 aromatic carbocycles. The lowest BCUT2D eigenvalue weighted by molar-refractivity contribution is 0.133. The zero-order valence-electron chi connectivity index (χ0n) is 25.6. The van der Waals surface area contributed by atoms with Crippen molar-refractivity contribution in [2.75, 3.05) is 10.0 Å². The molecule has 2 heterocycles. The summed E-state index contributed by atoms with van der Waals surface area (Å²) in [5.74, 6) is -0.0496. The number of aliphatic hydroxyl groups excluding tert-OH is 1. The summed E-state index contributed by atoms with van der Waals surface area (Å²) >= 11 is 0. The fourth-order valence-corrected chi connectivity index (χ4v) is 7.53. The van der Waals surface area contributed by atoms with Crippen LogP contribution in [0.2, 0.25) is 0 Å². The Bertz CT molecular complexity index is 1820. The van der Waals surface area contributed by atoms with E-state index in [1.54, 1.807) is 24.5 Å². The number of rotatable bonds is 10. The normalized spacial score (nSPS) is 13.6. The van der Waals surface area contributed by atoms with Gasteiger partial charge in [-0.15, -0.1) is 0 Å². The van der Waals surface area contributed by atoms with Gasteiger partial charge in [-0.25, -0.2) is 13.4 Å². The van der Waals surface area contributed by atoms with Crippen LogP contribution in [0.3, 0.4) is 0 Å². The number of hydrogen-bond donors (Lipinski definition) is 3. The average Bonchev–Trinajstić information content (AvgIpc) is 3.04. The standard InChI is InChI=1S/C36H38N4O3S/c1-23-24(2)26(4)36(27(5)25(23)3)44(42,43)40-30-18-10-9-17-29(30)34(39-32-20-12-14-22-38-32)33(31-19-11-13-21-37-31)35(41)28-15-7-6-8-16-28/h6-22,33-35,40-41H,1-5H3,(H,38,39). The Labute approximate surface area is 260 Å². The fourth-order valence-electron chi connectivity index (χ4n) is 5.84. The Morgan fingerprint density at radius 1 is 0.659 bits per heavy atom. The molecule has 0 aliphatic carbocycles. The van der Waals surface area contributed by atoms with Crippen molar-refractivity contribution in [1.82, 2.24) is 9.97 Å². The maximum Gasteiger partial charge on any atom is 0.262 e. The number of nitrogens with zero attached hydrogens (tertiary/aromatic N) is 2. The van der Waals surface area contributed by atoms with Gasteiger partial charge in [0.15, 0.2) is 0 Å². The van der Waals surface area contributed by atoms with Crippen LogP contribution in [-0.2, 0) is 10.0 Å². The lowest BCUT2D eigenvalue weighted by atomic mass is 9.82. The molecule has 0 aliphatic heterocycles. The summed E-state index contributed by atoms with van der Waals surface area (Å²) < 4.78 is 31.3. The fraction of sp³-hybridized carbons (Fsp3) is 0.222. The van der Waals surface area contributed by atoms with Crippen LogP contribution < -0.4 is 10.0 Å². The Hall–Kier alpha value is -4.53. The van der Waals surface area contributed by atoms with Gasteiger partial charge in [-0.05, 0) is 104 Å². The third kappa shape index (κ3) is 6.23. The summed E-state index contributed by atoms with van der Waals surface area (Å²) in [6, 6.07) is 27.2. The highest BCUT2D eigenvalue weighted by Crippen LogP contribution is 2.44. The van der Waals surface area contributed by atoms with Gasteiger partial charge in [0, 0.05) is 18.1 Å². The van der Waals surface area contributed by atoms with Crippen molar-refractivity contribution in [3.05, 3.63) is 148 Å². The highest BCUT2D eigenvalue weighted by molar-refractivity contribution is 7.92. The molecule has 3 atom stereocenters. The molecule has 0 aliphatic rings. The topological polar surface area (TPSA) is 104 Å². The van der Waals surface area contributed by atoms with Crippen LogP contribution >= 0.6 is 0 Å². The van der Waals surface area contributed by atoms with Crippen molar-refractivity contribution in [2.24, 2.45) is 0 Å². The Morgan fingerprint density at radius 3 is 1.84 bits per heavy atom. The zero-order chi connectivity index (χ0) is 31.4. The third-order valence-electron chi connectivity index (χ3n) is 8.58. The first kappa shape index (κ1) is 30.9. The molecule has 5 aromatic rings. The van der Waals surface area contributed by atoms with Gasteiger partial charge in [0.2, 0.25) is 0 Å². The van der Waals surface area contributed by atoms with E-state index >= 15 is 0 Å². The van der Waals surface area contributed by atoms with Crippen molar-refractivity contribution >= 4 is 21.5 Å². The van der Waals surface area contributed by atoms with E-state index < -0.39 is 28.1 Å². The number of aliphatic hydroxyl groups is 1. The molecule has 8 heteroatoms. The number of anilines is 2. The lowest BCUT2D eigenvalue weighted by Crippen LogP contribution is -2.27. The predicted molar refractivity (Wildman–Crippen MR) is 176 cm³/mol. The van der Waals surface area contributed by atoms with Gasteiger partial charge < -0.3 is 10.4 Å². The molecule has 0 spiro atoms. The third-order valence-corrected chi connectivity index (χ3v) is 10.2. The highest BCUT2D eigenvalue weighted by atomic mass is 32.2. The van der Waals surface area contributed by atoms with Gasteiger partial charge in [-0.1, -0.05) is 60.7 Å². The Kier molecular flexibility index (Phi) is 9.13. The number of aromatic nitrogens is 2. The van der Waals surface area contributed by atoms with Gasteiger partial charge in [-0.3, -0.25) is 9.71 Å². The number of pyridine rings is 2. The number of benzene rings is 3. The predicted octanol–water partition coefficient (Wildman–Crippen LogP) is 7.49. The summed E-state index contributed by atoms with van der Waals surface area (Å²) in [6.07, 6.45) is 2.40. The maximum absolute atomic E-state index is 14.2. The monoisotopic (exact) mass is 606 g/mol. The van der Waals surface area contributed by atoms with Gasteiger partial charge in [-0.2, -0.15) is 0 Å². The minimum atomic E-state index is -4.00. The zero-order valence-corrected chi connectivity index (χ0v) is 26.4. The summed E-state index contributed by atoms with van der Waals surface area (Å²) in [5, 5.41) is 15.5. The summed E-state index contributed by atoms with van der Waals surface area (Å²) in [4.78, 5) is 9.45. The van der Waals surface area contributed by atoms with E-state index in [1.165, 1.54) is 0 Å². The molecular weight excluding hydrogens is 568 g/mol. The molecule has 2 aromatic heterocycles. The van der Waals surface area contributed by atoms with Gasteiger partial charge in [0.05, 0.1) is 28.6 Å². The quantitative estimate of drug-likeness (QED) is 0.152. The van der Waals surface area contributed by atoms with Crippen LogP contribution in [-0.4, -0.2) is 23.5 Å². The van der Waals surface area contributed by atoms with Crippen molar-refractivity contribution in [3.63, 3.8) is 0 Å². The minimum Gasteiger partial charge on any atom is -0.388 e. The molecule has 0 fully saturated rings. The van der Waals surface area contributed by atoms with Crippen LogP contribution in [0.15, 0.2) is 108 Å². The molecule has 226 valence electrons. The summed E-state index contributed by atoms with van der Waals surface area (Å²) in [6.45, 7) is 9.65. The van der Waals surface area contributed by atoms with E-state index in [0.717, 1.165) is 27.8 Å². The van der Waals surface area contributed by atoms with Gasteiger partial charge >= 0.3 is 0 Å². The van der Waals surface area contributed by atoms with E-state index in [2.05, 4.69) is 20.0 Å². The molecule has 3 unspecified atom stereocenters. The number of hydrogen-bond acceptors (Lipinski definition) is 6. The molecule has 0 radical (unpaired) electrons. The molecular formula is C36H38N4O3S. The molecule has 44 heavy (non-hydrogen) atoms. The van der Waals surface area contributed by atoms with Gasteiger partial charge in [0.25, 0.3) is 10.0 Å². The van der Waals surface area contributed by atoms with Crippen LogP contribution in [0, 0.1) is 34.6 Å². The number of para-hydroxylation sites is 1. The maximum atomic E-state index is 14.2. The number of sulfonamides is 1. The number of nitrogens with one attached hydrogen (secondary N) is 2. The molecule has 5 rings (SSSR count). The summed E-state index contributed by atoms with van der Waals surface area (Å²) in [5.41, 5.74) is 6.86. The Balaban J connectivity index is 1.68. The molecule has 0 amide bonds. The second kappa shape index (κ2) is 13.0. The van der Waals surface area contributed by atoms with Crippen LogP contribution in [0.5, 0.6) is 0 Å². The SMILES string of the molecule is Cc1c(C)c(C)c(S(=O)(=O)Nc2ccccc2C(Nc2ccccn2)C(c2ccccn2)C(O)c2ccccc2)c(C)c1C. The Morgan fingerprint density at radius 2 is 1.23 bits per heavy atom. The van der Waals surface area contributed by atoms with Crippen LogP contribution in [0.25, 0.3) is 0 Å². The van der Waals surface area contributed by atoms with Crippen molar-refractivity contribution in [3.8, 4) is 0 Å². The van der Waals surface area contributed by atoms with Gasteiger partial charge in [0.1, 0.15) is 5.82 Å². The first-order valence-electron chi connectivity index (χ1n) is 14.6. The van der Waals surface area contributed by atoms with Crippen molar-refractivity contribution in [2.45, 2.75) is 57.6 Å². The second-order valence-corrected chi connectivity index (χ2v) is 12.7. The molecule has 3 N–H and O–H groups in total. The first-order valence-corrected chi connectivity index (χ1v) is 16.1. The lowest BCUT2D eigenvalue weighted by Gasteiger charge is -2.33. The van der Waals surface area contributed by atoms with Crippen molar-refractivity contribution < 1.29 is 13.5 Å². The van der Waals surface area contributed by atoms with E-state index in [4.69, 9.17) is 0 Å². The van der Waals surface area contributed by atoms with E-state index in [-0.39, 0.29) is 4.90 Å². The van der Waals surface area contributed by atoms with Crippen molar-refractivity contribution in [1.29, 1.82) is 0 Å². The minimum absolute atomic E-state index is 0.285. The van der Waals surface area contributed by atoms with E-state index in [0.29, 0.717) is 28.3 Å². The van der Waals surface area contributed by atoms with Crippen LogP contribution in [0.4, 0.5) is 11.5 Å². The second-order valence-electron chi connectivity index (χ2n) is 11.1. The first-order chi connectivity index (χ1) is 21.1. The molecule has 7 nitrogen and oxygen atoms in total. The molecule has 0 saturated carbocycles. The molecule has 0 saturated heterocycles.